The van der Waals surface area contributed by atoms with Gasteiger partial charge in [0, 0.05) is 12.5 Å². The average Bonchev–Trinajstić information content (AvgIpc) is 2.80. The topological polar surface area (TPSA) is 84.9 Å². The van der Waals surface area contributed by atoms with Gasteiger partial charge >= 0.3 is 12.6 Å². The first-order valence-electron chi connectivity index (χ1n) is 8.78. The lowest BCUT2D eigenvalue weighted by Gasteiger charge is -2.27. The average molecular weight is 404 g/mol. The molecule has 1 aliphatic rings. The zero-order chi connectivity index (χ0) is 21.0. The predicted octanol–water partition coefficient (Wildman–Crippen LogP) is 3.21. The highest BCUT2D eigenvalue weighted by atomic mass is 19.3. The lowest BCUT2D eigenvalue weighted by atomic mass is 10.1. The fourth-order valence-electron chi connectivity index (χ4n) is 3.02. The molecule has 1 N–H and O–H groups in total. The predicted molar refractivity (Wildman–Crippen MR) is 100.0 cm³/mol. The molecule has 152 valence electrons. The SMILES string of the molecule is C[C@H]1CC(=O)Nc2ccccc2N1C(=O)COC(=O)c1ccc(OC(F)F)cc1. The van der Waals surface area contributed by atoms with Gasteiger partial charge in [-0.3, -0.25) is 9.59 Å². The van der Waals surface area contributed by atoms with Crippen LogP contribution in [0.2, 0.25) is 0 Å². The van der Waals surface area contributed by atoms with E-state index >= 15 is 0 Å². The zero-order valence-electron chi connectivity index (χ0n) is 15.4. The molecule has 1 aliphatic heterocycles. The van der Waals surface area contributed by atoms with Crippen molar-refractivity contribution in [2.24, 2.45) is 0 Å². The number of esters is 1. The van der Waals surface area contributed by atoms with Crippen LogP contribution in [-0.2, 0) is 14.3 Å². The minimum absolute atomic E-state index is 0.0839. The number of hydrogen-bond donors (Lipinski definition) is 1. The van der Waals surface area contributed by atoms with Crippen LogP contribution in [-0.4, -0.2) is 37.0 Å². The summed E-state index contributed by atoms with van der Waals surface area (Å²) >= 11 is 0. The van der Waals surface area contributed by atoms with Crippen molar-refractivity contribution in [1.29, 1.82) is 0 Å². The van der Waals surface area contributed by atoms with Gasteiger partial charge in [-0.2, -0.15) is 8.78 Å². The van der Waals surface area contributed by atoms with Crippen molar-refractivity contribution in [2.75, 3.05) is 16.8 Å². The molecule has 2 aromatic carbocycles. The number of nitrogens with one attached hydrogen (secondary N) is 1. The lowest BCUT2D eigenvalue weighted by Crippen LogP contribution is -2.41. The first kappa shape index (κ1) is 20.2. The zero-order valence-corrected chi connectivity index (χ0v) is 15.4. The molecule has 0 radical (unpaired) electrons. The third kappa shape index (κ3) is 4.87. The van der Waals surface area contributed by atoms with E-state index < -0.39 is 31.1 Å². The van der Waals surface area contributed by atoms with Gasteiger partial charge in [0.15, 0.2) is 6.61 Å². The van der Waals surface area contributed by atoms with Gasteiger partial charge < -0.3 is 19.7 Å². The molecule has 0 saturated carbocycles. The normalized spacial score (nSPS) is 15.9. The van der Waals surface area contributed by atoms with E-state index in [9.17, 15) is 23.2 Å². The fraction of sp³-hybridized carbons (Fsp3) is 0.250. The van der Waals surface area contributed by atoms with Crippen molar-refractivity contribution in [2.45, 2.75) is 26.0 Å². The number of alkyl halides is 2. The van der Waals surface area contributed by atoms with E-state index in [0.29, 0.717) is 11.4 Å². The second-order valence-electron chi connectivity index (χ2n) is 6.36. The summed E-state index contributed by atoms with van der Waals surface area (Å²) in [4.78, 5) is 38.3. The molecule has 3 rings (SSSR count). The van der Waals surface area contributed by atoms with Crippen molar-refractivity contribution in [3.05, 3.63) is 54.1 Å². The number of carbonyl (C=O) groups is 3. The monoisotopic (exact) mass is 404 g/mol. The van der Waals surface area contributed by atoms with Crippen LogP contribution < -0.4 is 15.0 Å². The van der Waals surface area contributed by atoms with Crippen LogP contribution in [0.1, 0.15) is 23.7 Å². The lowest BCUT2D eigenvalue weighted by molar-refractivity contribution is -0.122. The molecule has 2 amide bonds. The number of benzene rings is 2. The van der Waals surface area contributed by atoms with Crippen LogP contribution in [0.5, 0.6) is 5.75 Å². The molecule has 0 aliphatic carbocycles. The molecule has 1 heterocycles. The summed E-state index contributed by atoms with van der Waals surface area (Å²) in [6.45, 7) is -1.78. The summed E-state index contributed by atoms with van der Waals surface area (Å²) < 4.78 is 33.6. The van der Waals surface area contributed by atoms with E-state index in [1.165, 1.54) is 29.2 Å². The Hall–Kier alpha value is -3.49. The third-order valence-electron chi connectivity index (χ3n) is 4.27. The van der Waals surface area contributed by atoms with Crippen molar-refractivity contribution >= 4 is 29.2 Å². The molecule has 0 bridgehead atoms. The molecule has 29 heavy (non-hydrogen) atoms. The van der Waals surface area contributed by atoms with Crippen LogP contribution in [0.25, 0.3) is 0 Å². The smallest absolute Gasteiger partial charge is 0.387 e. The highest BCUT2D eigenvalue weighted by Gasteiger charge is 2.30. The Morgan fingerprint density at radius 2 is 1.86 bits per heavy atom. The summed E-state index contributed by atoms with van der Waals surface area (Å²) in [5, 5.41) is 2.74. The van der Waals surface area contributed by atoms with Crippen LogP contribution in [0.15, 0.2) is 48.5 Å². The van der Waals surface area contributed by atoms with E-state index in [1.807, 2.05) is 0 Å². The Bertz CT molecular complexity index is 917. The van der Waals surface area contributed by atoms with Crippen molar-refractivity contribution in [3.63, 3.8) is 0 Å². The van der Waals surface area contributed by atoms with Crippen LogP contribution >= 0.6 is 0 Å². The number of nitrogens with zero attached hydrogens (tertiary/aromatic N) is 1. The minimum Gasteiger partial charge on any atom is -0.452 e. The van der Waals surface area contributed by atoms with Crippen LogP contribution in [0.3, 0.4) is 0 Å². The molecule has 0 spiro atoms. The maximum Gasteiger partial charge on any atom is 0.387 e. The van der Waals surface area contributed by atoms with Gasteiger partial charge in [0.2, 0.25) is 5.91 Å². The number of rotatable bonds is 5. The number of amides is 2. The second kappa shape index (κ2) is 8.68. The number of carbonyl (C=O) groups excluding carboxylic acids is 3. The van der Waals surface area contributed by atoms with Crippen molar-refractivity contribution in [1.82, 2.24) is 0 Å². The van der Waals surface area contributed by atoms with Crippen LogP contribution in [0.4, 0.5) is 20.2 Å². The number of halogens is 2. The summed E-state index contributed by atoms with van der Waals surface area (Å²) in [6, 6.07) is 11.3. The Morgan fingerprint density at radius 1 is 1.17 bits per heavy atom. The van der Waals surface area contributed by atoms with Crippen molar-refractivity contribution < 1.29 is 32.6 Å². The quantitative estimate of drug-likeness (QED) is 0.774. The number of anilines is 2. The third-order valence-corrected chi connectivity index (χ3v) is 4.27. The summed E-state index contributed by atoms with van der Waals surface area (Å²) in [6.07, 6.45) is 0.0972. The summed E-state index contributed by atoms with van der Waals surface area (Å²) in [7, 11) is 0. The highest BCUT2D eigenvalue weighted by Crippen LogP contribution is 2.31. The molecule has 9 heteroatoms. The molecule has 0 aromatic heterocycles. The number of ether oxygens (including phenoxy) is 2. The van der Waals surface area contributed by atoms with Gasteiger partial charge in [0.05, 0.1) is 16.9 Å². The van der Waals surface area contributed by atoms with Gasteiger partial charge in [-0.15, -0.1) is 0 Å². The van der Waals surface area contributed by atoms with Crippen molar-refractivity contribution in [3.8, 4) is 5.75 Å². The summed E-state index contributed by atoms with van der Waals surface area (Å²) in [5.41, 5.74) is 1.09. The molecule has 2 aromatic rings. The van der Waals surface area contributed by atoms with Gasteiger partial charge in [0.1, 0.15) is 5.75 Å². The van der Waals surface area contributed by atoms with E-state index in [-0.39, 0.29) is 23.6 Å². The van der Waals surface area contributed by atoms with Gasteiger partial charge in [-0.25, -0.2) is 4.79 Å². The minimum atomic E-state index is -2.97. The molecule has 1 atom stereocenters. The Labute approximate surface area is 165 Å². The fourth-order valence-corrected chi connectivity index (χ4v) is 3.02. The largest absolute Gasteiger partial charge is 0.452 e. The number of hydrogen-bond acceptors (Lipinski definition) is 5. The van der Waals surface area contributed by atoms with Gasteiger partial charge in [-0.05, 0) is 43.3 Å². The van der Waals surface area contributed by atoms with E-state index in [2.05, 4.69) is 10.1 Å². The van der Waals surface area contributed by atoms with E-state index in [1.54, 1.807) is 31.2 Å². The first-order chi connectivity index (χ1) is 13.8. The molecule has 0 saturated heterocycles. The van der Waals surface area contributed by atoms with E-state index in [0.717, 1.165) is 0 Å². The maximum absolute atomic E-state index is 12.7. The Balaban J connectivity index is 1.68. The number of fused-ring (bicyclic) bond motifs is 1. The standard InChI is InChI=1S/C20H18F2N2O5/c1-12-10-17(25)23-15-4-2-3-5-16(15)24(12)18(26)11-28-19(27)13-6-8-14(9-7-13)29-20(21)22/h2-9,12,20H,10-11H2,1H3,(H,23,25)/t12-/m0/s1. The molecular weight excluding hydrogens is 386 g/mol. The maximum atomic E-state index is 12.7. The van der Waals surface area contributed by atoms with Gasteiger partial charge in [0.25, 0.3) is 5.91 Å². The Kier molecular flexibility index (Phi) is 6.06. The van der Waals surface area contributed by atoms with Crippen LogP contribution in [0, 0.1) is 0 Å². The molecule has 0 unspecified atom stereocenters. The number of para-hydroxylation sites is 2. The van der Waals surface area contributed by atoms with Gasteiger partial charge in [-0.1, -0.05) is 12.1 Å². The first-order valence-corrected chi connectivity index (χ1v) is 8.78. The summed E-state index contributed by atoms with van der Waals surface area (Å²) in [5.74, 6) is -1.59. The molecule has 7 nitrogen and oxygen atoms in total. The molecule has 0 fully saturated rings. The van der Waals surface area contributed by atoms with E-state index in [4.69, 9.17) is 4.74 Å². The second-order valence-corrected chi connectivity index (χ2v) is 6.36. The Morgan fingerprint density at radius 3 is 2.55 bits per heavy atom. The highest BCUT2D eigenvalue weighted by molar-refractivity contribution is 6.05. The molecular formula is C20H18F2N2O5.